The van der Waals surface area contributed by atoms with Crippen molar-refractivity contribution in [2.75, 3.05) is 7.05 Å². The van der Waals surface area contributed by atoms with Gasteiger partial charge in [-0.15, -0.1) is 0 Å². The molecule has 0 saturated heterocycles. The van der Waals surface area contributed by atoms with E-state index in [9.17, 15) is 9.59 Å². The van der Waals surface area contributed by atoms with Gasteiger partial charge in [-0.05, 0) is 36.1 Å². The first-order valence-electron chi connectivity index (χ1n) is 6.91. The molecule has 0 aliphatic carbocycles. The highest BCUT2D eigenvalue weighted by atomic mass is 16.4. The van der Waals surface area contributed by atoms with Crippen LogP contribution in [0.4, 0.5) is 0 Å². The van der Waals surface area contributed by atoms with Gasteiger partial charge in [0, 0.05) is 24.7 Å². The zero-order valence-electron chi connectivity index (χ0n) is 13.3. The summed E-state index contributed by atoms with van der Waals surface area (Å²) < 4.78 is 0. The van der Waals surface area contributed by atoms with Gasteiger partial charge in [0.05, 0.1) is 0 Å². The summed E-state index contributed by atoms with van der Waals surface area (Å²) in [7, 11) is 1.80. The number of hydrogen-bond donors (Lipinski definition) is 1. The van der Waals surface area contributed by atoms with Crippen LogP contribution in [0.5, 0.6) is 0 Å². The molecule has 1 aromatic carbocycles. The van der Waals surface area contributed by atoms with E-state index in [1.165, 1.54) is 6.08 Å². The summed E-state index contributed by atoms with van der Waals surface area (Å²) in [6, 6.07) is 7.02. The van der Waals surface area contributed by atoms with Gasteiger partial charge >= 0.3 is 5.97 Å². The monoisotopic (exact) mass is 289 g/mol. The Balaban J connectivity index is 2.87. The molecule has 0 heterocycles. The fraction of sp³-hybridized carbons (Fsp3) is 0.412. The molecule has 0 aliphatic rings. The molecule has 0 saturated carbocycles. The van der Waals surface area contributed by atoms with Crippen molar-refractivity contribution in [3.63, 3.8) is 0 Å². The first kappa shape index (κ1) is 17.0. The van der Waals surface area contributed by atoms with Crippen molar-refractivity contribution >= 4 is 18.0 Å². The highest BCUT2D eigenvalue weighted by Gasteiger charge is 2.27. The van der Waals surface area contributed by atoms with Gasteiger partial charge in [-0.1, -0.05) is 32.9 Å². The van der Waals surface area contributed by atoms with Crippen LogP contribution < -0.4 is 0 Å². The molecule has 0 aromatic heterocycles. The maximum Gasteiger partial charge on any atom is 0.328 e. The number of carbonyl (C=O) groups is 2. The molecule has 0 radical (unpaired) electrons. The summed E-state index contributed by atoms with van der Waals surface area (Å²) >= 11 is 0. The Bertz CT molecular complexity index is 538. The van der Waals surface area contributed by atoms with Crippen molar-refractivity contribution in [2.45, 2.75) is 33.7 Å². The van der Waals surface area contributed by atoms with Gasteiger partial charge in [0.2, 0.25) is 0 Å². The van der Waals surface area contributed by atoms with Gasteiger partial charge in [0.1, 0.15) is 0 Å². The van der Waals surface area contributed by atoms with E-state index in [-0.39, 0.29) is 17.4 Å². The average Bonchev–Trinajstić information content (AvgIpc) is 2.42. The van der Waals surface area contributed by atoms with E-state index in [1.54, 1.807) is 36.2 Å². The summed E-state index contributed by atoms with van der Waals surface area (Å²) in [5.74, 6) is -1.03. The first-order valence-corrected chi connectivity index (χ1v) is 6.91. The Labute approximate surface area is 126 Å². The van der Waals surface area contributed by atoms with E-state index >= 15 is 0 Å². The molecule has 1 atom stereocenters. The zero-order chi connectivity index (χ0) is 16.2. The number of nitrogens with zero attached hydrogens (tertiary/aromatic N) is 1. The first-order chi connectivity index (χ1) is 9.62. The Morgan fingerprint density at radius 2 is 1.71 bits per heavy atom. The summed E-state index contributed by atoms with van der Waals surface area (Å²) in [4.78, 5) is 24.6. The van der Waals surface area contributed by atoms with Gasteiger partial charge in [-0.3, -0.25) is 4.79 Å². The molecule has 4 heteroatoms. The van der Waals surface area contributed by atoms with Crippen LogP contribution in [-0.2, 0) is 4.79 Å². The minimum atomic E-state index is -0.992. The Morgan fingerprint density at radius 3 is 2.14 bits per heavy atom. The van der Waals surface area contributed by atoms with E-state index in [0.717, 1.165) is 11.6 Å². The lowest BCUT2D eigenvalue weighted by atomic mass is 9.87. The number of carboxylic acid groups (broad SMARTS) is 1. The Hall–Kier alpha value is -2.10. The lowest BCUT2D eigenvalue weighted by molar-refractivity contribution is -0.131. The molecule has 114 valence electrons. The van der Waals surface area contributed by atoms with Crippen LogP contribution in [-0.4, -0.2) is 35.0 Å². The lowest BCUT2D eigenvalue weighted by Crippen LogP contribution is -2.42. The average molecular weight is 289 g/mol. The number of aliphatic carboxylic acids is 1. The zero-order valence-corrected chi connectivity index (χ0v) is 13.3. The predicted molar refractivity (Wildman–Crippen MR) is 84.1 cm³/mol. The smallest absolute Gasteiger partial charge is 0.328 e. The third kappa shape index (κ3) is 4.74. The van der Waals surface area contributed by atoms with Crippen molar-refractivity contribution in [3.05, 3.63) is 41.5 Å². The topological polar surface area (TPSA) is 57.6 Å². The van der Waals surface area contributed by atoms with Crippen molar-refractivity contribution in [1.29, 1.82) is 0 Å². The molecule has 21 heavy (non-hydrogen) atoms. The lowest BCUT2D eigenvalue weighted by Gasteiger charge is -2.35. The van der Waals surface area contributed by atoms with Crippen LogP contribution in [0.25, 0.3) is 6.08 Å². The van der Waals surface area contributed by atoms with Gasteiger partial charge in [0.25, 0.3) is 5.91 Å². The van der Waals surface area contributed by atoms with Crippen LogP contribution in [0.15, 0.2) is 30.3 Å². The number of amides is 1. The van der Waals surface area contributed by atoms with Gasteiger partial charge < -0.3 is 10.0 Å². The predicted octanol–water partition coefficient (Wildman–Crippen LogP) is 3.29. The van der Waals surface area contributed by atoms with Crippen LogP contribution in [0.1, 0.15) is 43.6 Å². The fourth-order valence-electron chi connectivity index (χ4n) is 1.86. The molecule has 1 unspecified atom stereocenters. The number of carbonyl (C=O) groups excluding carboxylic acids is 1. The second-order valence-corrected chi connectivity index (χ2v) is 6.25. The molecule has 4 nitrogen and oxygen atoms in total. The second kappa shape index (κ2) is 6.57. The van der Waals surface area contributed by atoms with Crippen molar-refractivity contribution in [2.24, 2.45) is 5.41 Å². The van der Waals surface area contributed by atoms with Crippen LogP contribution in [0, 0.1) is 5.41 Å². The summed E-state index contributed by atoms with van der Waals surface area (Å²) in [6.07, 6.45) is 2.57. The maximum absolute atomic E-state index is 12.4. The van der Waals surface area contributed by atoms with E-state index in [0.29, 0.717) is 5.56 Å². The number of carboxylic acids is 1. The van der Waals surface area contributed by atoms with E-state index < -0.39 is 5.97 Å². The van der Waals surface area contributed by atoms with Crippen LogP contribution >= 0.6 is 0 Å². The van der Waals surface area contributed by atoms with Gasteiger partial charge in [-0.2, -0.15) is 0 Å². The molecule has 1 N–H and O–H groups in total. The molecule has 0 fully saturated rings. The summed E-state index contributed by atoms with van der Waals surface area (Å²) in [5.41, 5.74) is 1.36. The molecule has 1 rings (SSSR count). The van der Waals surface area contributed by atoms with Gasteiger partial charge in [0.15, 0.2) is 0 Å². The standard InChI is InChI=1S/C17H23NO3/c1-12(17(2,3)4)18(5)16(21)14-9-6-13(7-10-14)8-11-15(19)20/h6-12H,1-5H3,(H,19,20). The molecule has 0 spiro atoms. The fourth-order valence-corrected chi connectivity index (χ4v) is 1.86. The third-order valence-electron chi connectivity index (χ3n) is 3.73. The third-order valence-corrected chi connectivity index (χ3v) is 3.73. The number of benzene rings is 1. The molecular formula is C17H23NO3. The van der Waals surface area contributed by atoms with Crippen molar-refractivity contribution in [3.8, 4) is 0 Å². The summed E-state index contributed by atoms with van der Waals surface area (Å²) in [5, 5.41) is 8.58. The highest BCUT2D eigenvalue weighted by Crippen LogP contribution is 2.24. The molecule has 1 aromatic rings. The highest BCUT2D eigenvalue weighted by molar-refractivity contribution is 5.94. The molecule has 0 aliphatic heterocycles. The van der Waals surface area contributed by atoms with Crippen LogP contribution in [0.2, 0.25) is 0 Å². The van der Waals surface area contributed by atoms with Gasteiger partial charge in [-0.25, -0.2) is 4.79 Å². The molecular weight excluding hydrogens is 266 g/mol. The van der Waals surface area contributed by atoms with E-state index in [2.05, 4.69) is 20.8 Å². The number of hydrogen-bond acceptors (Lipinski definition) is 2. The minimum absolute atomic E-state index is 0.00851. The normalized spacial score (nSPS) is 13.2. The molecule has 1 amide bonds. The quantitative estimate of drug-likeness (QED) is 0.865. The van der Waals surface area contributed by atoms with Crippen molar-refractivity contribution in [1.82, 2.24) is 4.90 Å². The maximum atomic E-state index is 12.4. The minimum Gasteiger partial charge on any atom is -0.478 e. The SMILES string of the molecule is CC(N(C)C(=O)c1ccc(C=CC(=O)O)cc1)C(C)(C)C. The Morgan fingerprint density at radius 1 is 1.19 bits per heavy atom. The van der Waals surface area contributed by atoms with E-state index in [1.807, 2.05) is 6.92 Å². The Kier molecular flexibility index (Phi) is 5.30. The van der Waals surface area contributed by atoms with Crippen LogP contribution in [0.3, 0.4) is 0 Å². The summed E-state index contributed by atoms with van der Waals surface area (Å²) in [6.45, 7) is 8.32. The second-order valence-electron chi connectivity index (χ2n) is 6.25. The van der Waals surface area contributed by atoms with E-state index in [4.69, 9.17) is 5.11 Å². The number of rotatable bonds is 4. The molecule has 0 bridgehead atoms. The largest absolute Gasteiger partial charge is 0.478 e. The van der Waals surface area contributed by atoms with Crippen molar-refractivity contribution < 1.29 is 14.7 Å².